The van der Waals surface area contributed by atoms with Gasteiger partial charge in [0.1, 0.15) is 11.4 Å². The summed E-state index contributed by atoms with van der Waals surface area (Å²) < 4.78 is 58.4. The maximum absolute atomic E-state index is 14.5. The van der Waals surface area contributed by atoms with E-state index in [1.165, 1.54) is 0 Å². The fourth-order valence-corrected chi connectivity index (χ4v) is 2.48. The van der Waals surface area contributed by atoms with Gasteiger partial charge in [-0.2, -0.15) is 8.78 Å². The van der Waals surface area contributed by atoms with E-state index in [4.69, 9.17) is 4.84 Å². The van der Waals surface area contributed by atoms with E-state index >= 15 is 0 Å². The van der Waals surface area contributed by atoms with Crippen molar-refractivity contribution in [2.75, 3.05) is 12.1 Å². The summed E-state index contributed by atoms with van der Waals surface area (Å²) in [6.07, 6.45) is 2.55. The van der Waals surface area contributed by atoms with Gasteiger partial charge < -0.3 is 4.74 Å². The Balaban J connectivity index is 1.79. The molecule has 1 saturated carbocycles. The summed E-state index contributed by atoms with van der Waals surface area (Å²) in [6, 6.07) is 9.45. The van der Waals surface area contributed by atoms with Crippen LogP contribution in [0, 0.1) is 17.6 Å². The van der Waals surface area contributed by atoms with Crippen LogP contribution in [-0.4, -0.2) is 25.3 Å². The zero-order chi connectivity index (χ0) is 20.8. The molecule has 1 aliphatic rings. The van der Waals surface area contributed by atoms with Crippen LogP contribution < -0.4 is 10.2 Å². The van der Waals surface area contributed by atoms with E-state index < -0.39 is 41.2 Å². The molecule has 0 saturated heterocycles. The van der Waals surface area contributed by atoms with Crippen LogP contribution in [0.3, 0.4) is 0 Å². The Kier molecular flexibility index (Phi) is 6.82. The van der Waals surface area contributed by atoms with Crippen molar-refractivity contribution >= 4 is 17.8 Å². The van der Waals surface area contributed by atoms with Crippen LogP contribution in [0.4, 0.5) is 23.2 Å². The molecule has 0 spiro atoms. The van der Waals surface area contributed by atoms with Crippen molar-refractivity contribution < 1.29 is 31.9 Å². The van der Waals surface area contributed by atoms with E-state index in [0.29, 0.717) is 17.7 Å². The summed E-state index contributed by atoms with van der Waals surface area (Å²) in [4.78, 5) is 20.6. The number of nitrogens with zero attached hydrogens (tertiary/aromatic N) is 1. The van der Waals surface area contributed by atoms with Crippen molar-refractivity contribution in [3.63, 3.8) is 0 Å². The number of aliphatic imine (C=N–C) groups is 1. The van der Waals surface area contributed by atoms with E-state index in [1.54, 1.807) is 30.3 Å². The lowest BCUT2D eigenvalue weighted by molar-refractivity contribution is -0.117. The van der Waals surface area contributed by atoms with Crippen molar-refractivity contribution in [1.29, 1.82) is 0 Å². The maximum atomic E-state index is 14.5. The Morgan fingerprint density at radius 2 is 1.93 bits per heavy atom. The summed E-state index contributed by atoms with van der Waals surface area (Å²) in [6.45, 7) is -3.00. The minimum atomic E-state index is -3.28. The Hall–Kier alpha value is -2.94. The molecule has 154 valence electrons. The molecule has 0 aromatic heterocycles. The number of anilines is 1. The third-order valence-electron chi connectivity index (χ3n) is 4.16. The lowest BCUT2D eigenvalue weighted by Crippen LogP contribution is -2.11. The molecule has 2 aromatic rings. The number of carbonyl (C=O) groups excluding carboxylic acids is 1. The number of alkyl halides is 2. The number of halogens is 4. The number of hydrogen-bond acceptors (Lipinski definition) is 4. The van der Waals surface area contributed by atoms with Gasteiger partial charge in [0.05, 0.1) is 18.6 Å². The monoisotopic (exact) mass is 410 g/mol. The highest BCUT2D eigenvalue weighted by atomic mass is 19.3. The number of rotatable bonds is 9. The second kappa shape index (κ2) is 9.51. The van der Waals surface area contributed by atoms with Crippen molar-refractivity contribution in [2.45, 2.75) is 25.9 Å². The van der Waals surface area contributed by atoms with Gasteiger partial charge in [-0.05, 0) is 24.3 Å². The van der Waals surface area contributed by atoms with Crippen LogP contribution in [-0.2, 0) is 16.1 Å². The number of ether oxygens (including phenoxy) is 1. The summed E-state index contributed by atoms with van der Waals surface area (Å²) in [5, 5.41) is 0. The van der Waals surface area contributed by atoms with E-state index in [9.17, 15) is 22.4 Å². The molecular weight excluding hydrogens is 392 g/mol. The Labute approximate surface area is 164 Å². The SMILES string of the molecule is O=C(Cc1ccccc1)N=Cc1c(OC(F)F)cc(NOCC2CC2)c(F)c1F. The standard InChI is InChI=1S/C20H18F4N2O3/c21-18-14(10-25-17(27)8-12-4-2-1-3-5-12)16(29-20(23)24)9-15(19(18)22)26-28-11-13-6-7-13/h1-5,9-10,13,20,26H,6-8,11H2. The van der Waals surface area contributed by atoms with Gasteiger partial charge in [-0.1, -0.05) is 30.3 Å². The van der Waals surface area contributed by atoms with Crippen molar-refractivity contribution in [3.05, 3.63) is 59.2 Å². The van der Waals surface area contributed by atoms with E-state index in [1.807, 2.05) is 0 Å². The molecule has 0 aliphatic heterocycles. The van der Waals surface area contributed by atoms with Gasteiger partial charge in [0.2, 0.25) is 5.91 Å². The van der Waals surface area contributed by atoms with Crippen molar-refractivity contribution in [2.24, 2.45) is 10.9 Å². The van der Waals surface area contributed by atoms with Crippen LogP contribution in [0.25, 0.3) is 0 Å². The van der Waals surface area contributed by atoms with Crippen LogP contribution in [0.5, 0.6) is 5.75 Å². The molecule has 1 N–H and O–H groups in total. The molecule has 0 unspecified atom stereocenters. The van der Waals surface area contributed by atoms with Gasteiger partial charge in [-0.3, -0.25) is 15.1 Å². The molecule has 29 heavy (non-hydrogen) atoms. The number of amides is 1. The van der Waals surface area contributed by atoms with E-state index in [-0.39, 0.29) is 13.0 Å². The second-order valence-electron chi connectivity index (χ2n) is 6.51. The third-order valence-corrected chi connectivity index (χ3v) is 4.16. The third kappa shape index (κ3) is 6.02. The van der Waals surface area contributed by atoms with Crippen molar-refractivity contribution in [1.82, 2.24) is 0 Å². The predicted octanol–water partition coefficient (Wildman–Crippen LogP) is 4.51. The van der Waals surface area contributed by atoms with Crippen LogP contribution in [0.2, 0.25) is 0 Å². The molecule has 1 fully saturated rings. The molecule has 0 heterocycles. The van der Waals surface area contributed by atoms with Gasteiger partial charge in [-0.25, -0.2) is 13.8 Å². The quantitative estimate of drug-likeness (QED) is 0.376. The summed E-state index contributed by atoms with van der Waals surface area (Å²) in [5.74, 6) is -3.84. The van der Waals surface area contributed by atoms with Crippen LogP contribution in [0.15, 0.2) is 41.4 Å². The zero-order valence-electron chi connectivity index (χ0n) is 15.2. The van der Waals surface area contributed by atoms with Crippen molar-refractivity contribution in [3.8, 4) is 5.75 Å². The van der Waals surface area contributed by atoms with Gasteiger partial charge in [-0.15, -0.1) is 0 Å². The van der Waals surface area contributed by atoms with E-state index in [0.717, 1.165) is 18.9 Å². The van der Waals surface area contributed by atoms with E-state index in [2.05, 4.69) is 15.2 Å². The first-order valence-electron chi connectivity index (χ1n) is 8.89. The Morgan fingerprint density at radius 1 is 1.21 bits per heavy atom. The summed E-state index contributed by atoms with van der Waals surface area (Å²) in [7, 11) is 0. The van der Waals surface area contributed by atoms with Gasteiger partial charge in [0.15, 0.2) is 11.6 Å². The predicted molar refractivity (Wildman–Crippen MR) is 98.0 cm³/mol. The topological polar surface area (TPSA) is 59.9 Å². The highest BCUT2D eigenvalue weighted by Crippen LogP contribution is 2.32. The average molecular weight is 410 g/mol. The smallest absolute Gasteiger partial charge is 0.387 e. The normalized spacial score (nSPS) is 13.8. The molecule has 5 nitrogen and oxygen atoms in total. The molecule has 3 rings (SSSR count). The fourth-order valence-electron chi connectivity index (χ4n) is 2.48. The first kappa shape index (κ1) is 20.8. The van der Waals surface area contributed by atoms with Crippen LogP contribution >= 0.6 is 0 Å². The average Bonchev–Trinajstić information content (AvgIpc) is 3.50. The highest BCUT2D eigenvalue weighted by Gasteiger charge is 2.24. The number of benzene rings is 2. The Morgan fingerprint density at radius 3 is 2.59 bits per heavy atom. The largest absolute Gasteiger partial charge is 0.434 e. The zero-order valence-corrected chi connectivity index (χ0v) is 15.2. The first-order chi connectivity index (χ1) is 13.9. The maximum Gasteiger partial charge on any atom is 0.387 e. The number of nitrogens with one attached hydrogen (secondary N) is 1. The summed E-state index contributed by atoms with van der Waals surface area (Å²) >= 11 is 0. The minimum Gasteiger partial charge on any atom is -0.434 e. The first-order valence-corrected chi connectivity index (χ1v) is 8.89. The van der Waals surface area contributed by atoms with Gasteiger partial charge in [0.25, 0.3) is 0 Å². The molecule has 1 amide bonds. The number of hydrogen-bond donors (Lipinski definition) is 1. The van der Waals surface area contributed by atoms with Gasteiger partial charge in [0, 0.05) is 12.3 Å². The van der Waals surface area contributed by atoms with Gasteiger partial charge >= 0.3 is 6.61 Å². The summed E-state index contributed by atoms with van der Waals surface area (Å²) in [5.41, 5.74) is 1.69. The lowest BCUT2D eigenvalue weighted by atomic mass is 10.1. The lowest BCUT2D eigenvalue weighted by Gasteiger charge is -2.14. The molecular formula is C20H18F4N2O3. The van der Waals surface area contributed by atoms with Crippen LogP contribution in [0.1, 0.15) is 24.0 Å². The molecule has 2 aromatic carbocycles. The Bertz CT molecular complexity index is 887. The highest BCUT2D eigenvalue weighted by molar-refractivity contribution is 5.95. The molecule has 0 atom stereocenters. The molecule has 0 radical (unpaired) electrons. The fraction of sp³-hybridized carbons (Fsp3) is 0.300. The molecule has 1 aliphatic carbocycles. The molecule has 0 bridgehead atoms. The second-order valence-corrected chi connectivity index (χ2v) is 6.51. The number of carbonyl (C=O) groups is 1. The molecule has 9 heteroatoms. The minimum absolute atomic E-state index is 0.0822.